The zero-order valence-corrected chi connectivity index (χ0v) is 21.8. The molecule has 0 aromatic heterocycles. The minimum Gasteiger partial charge on any atom is -0.484 e. The first-order chi connectivity index (χ1) is 18.0. The first kappa shape index (κ1) is 26.4. The van der Waals surface area contributed by atoms with Gasteiger partial charge >= 0.3 is 5.97 Å². The molecule has 0 aliphatic heterocycles. The van der Waals surface area contributed by atoms with E-state index < -0.39 is 31.1 Å². The Bertz CT molecular complexity index is 1340. The van der Waals surface area contributed by atoms with E-state index in [9.17, 15) is 14.0 Å². The van der Waals surface area contributed by atoms with Crippen LogP contribution in [-0.4, -0.2) is 30.3 Å². The van der Waals surface area contributed by atoms with Gasteiger partial charge in [-0.15, -0.1) is 0 Å². The van der Waals surface area contributed by atoms with E-state index in [-0.39, 0.29) is 22.7 Å². The van der Waals surface area contributed by atoms with Crippen LogP contribution >= 0.6 is 18.5 Å². The summed E-state index contributed by atoms with van der Waals surface area (Å²) >= 11 is 6.11. The highest BCUT2D eigenvalue weighted by Gasteiger charge is 2.37. The number of Topliss-reactive ketones (excluding diaryl/α,β-unsaturated/α-hetero) is 1. The van der Waals surface area contributed by atoms with Gasteiger partial charge in [0.05, 0.1) is 11.6 Å². The molecule has 0 bridgehead atoms. The van der Waals surface area contributed by atoms with Gasteiger partial charge in [-0.2, -0.15) is 0 Å². The molecule has 0 heterocycles. The normalized spacial score (nSPS) is 11.0. The van der Waals surface area contributed by atoms with Crippen molar-refractivity contribution in [2.45, 2.75) is 6.92 Å². The van der Waals surface area contributed by atoms with Crippen LogP contribution < -0.4 is 20.7 Å². The smallest absolute Gasteiger partial charge is 0.342 e. The number of carbonyl (C=O) groups is 2. The number of carbonyl (C=O) groups excluding carboxylic acids is 2. The standard InChI is InChI=1S/C30H25ClFO4P/c1-2-35-30(34)29(27(33)21-36-28-19-18-22(32)20-26(28)31)37(23-12-6-3-7-13-23,24-14-8-4-9-15-24)25-16-10-5-11-17-25/h3-20H,2,21H2,1H3. The Morgan fingerprint density at radius 2 is 1.27 bits per heavy atom. The Kier molecular flexibility index (Phi) is 8.60. The topological polar surface area (TPSA) is 52.6 Å². The second-order valence-electron chi connectivity index (χ2n) is 8.03. The van der Waals surface area contributed by atoms with Crippen LogP contribution in [0.3, 0.4) is 0 Å². The van der Waals surface area contributed by atoms with E-state index >= 15 is 0 Å². The maximum absolute atomic E-state index is 14.0. The minimum absolute atomic E-state index is 0.0104. The summed E-state index contributed by atoms with van der Waals surface area (Å²) in [5.74, 6) is -1.62. The maximum Gasteiger partial charge on any atom is 0.342 e. The summed E-state index contributed by atoms with van der Waals surface area (Å²) < 4.78 is 24.7. The number of benzene rings is 4. The number of hydrogen-bond donors (Lipinski definition) is 0. The molecule has 0 aliphatic carbocycles. The van der Waals surface area contributed by atoms with E-state index in [1.54, 1.807) is 6.92 Å². The Balaban J connectivity index is 2.03. The first-order valence-corrected chi connectivity index (χ1v) is 13.9. The zero-order valence-electron chi connectivity index (χ0n) is 20.1. The largest absolute Gasteiger partial charge is 0.484 e. The molecule has 0 fully saturated rings. The Morgan fingerprint density at radius 3 is 1.70 bits per heavy atom. The number of rotatable bonds is 9. The molecule has 0 amide bonds. The maximum atomic E-state index is 14.0. The number of esters is 1. The van der Waals surface area contributed by atoms with Crippen LogP contribution in [0.5, 0.6) is 5.75 Å². The van der Waals surface area contributed by atoms with Crippen molar-refractivity contribution < 1.29 is 23.5 Å². The fraction of sp³-hybridized carbons (Fsp3) is 0.100. The van der Waals surface area contributed by atoms with Crippen molar-refractivity contribution in [2.75, 3.05) is 13.2 Å². The van der Waals surface area contributed by atoms with Crippen molar-refractivity contribution in [1.29, 1.82) is 0 Å². The molecule has 0 saturated heterocycles. The van der Waals surface area contributed by atoms with Crippen molar-refractivity contribution in [3.63, 3.8) is 0 Å². The van der Waals surface area contributed by atoms with Crippen molar-refractivity contribution in [3.8, 4) is 5.75 Å². The molecule has 188 valence electrons. The molecule has 0 aliphatic rings. The fourth-order valence-corrected chi connectivity index (χ4v) is 8.76. The lowest BCUT2D eigenvalue weighted by atomic mass is 10.3. The van der Waals surface area contributed by atoms with Gasteiger partial charge in [0.25, 0.3) is 0 Å². The molecular formula is C30H25ClFO4P. The van der Waals surface area contributed by atoms with Crippen LogP contribution in [0.1, 0.15) is 6.92 Å². The highest BCUT2D eigenvalue weighted by atomic mass is 35.5. The molecule has 4 nitrogen and oxygen atoms in total. The van der Waals surface area contributed by atoms with Crippen molar-refractivity contribution >= 4 is 51.4 Å². The van der Waals surface area contributed by atoms with E-state index in [2.05, 4.69) is 0 Å². The van der Waals surface area contributed by atoms with Crippen molar-refractivity contribution in [3.05, 3.63) is 120 Å². The Labute approximate surface area is 220 Å². The number of halogens is 2. The molecule has 0 N–H and O–H groups in total. The van der Waals surface area contributed by atoms with Crippen LogP contribution in [0.2, 0.25) is 5.02 Å². The highest BCUT2D eigenvalue weighted by Crippen LogP contribution is 2.46. The second-order valence-corrected chi connectivity index (χ2v) is 11.8. The van der Waals surface area contributed by atoms with Gasteiger partial charge in [-0.05, 0) is 47.9 Å². The summed E-state index contributed by atoms with van der Waals surface area (Å²) in [6, 6.07) is 32.2. The summed E-state index contributed by atoms with van der Waals surface area (Å²) in [6.45, 7) is -1.71. The van der Waals surface area contributed by atoms with Gasteiger partial charge in [-0.25, -0.2) is 9.18 Å². The highest BCUT2D eigenvalue weighted by molar-refractivity contribution is 7.97. The molecule has 7 heteroatoms. The summed E-state index contributed by atoms with van der Waals surface area (Å²) in [5.41, 5.74) is 0. The van der Waals surface area contributed by atoms with Gasteiger partial charge in [-0.1, -0.05) is 103 Å². The lowest BCUT2D eigenvalue weighted by Crippen LogP contribution is -2.40. The SMILES string of the molecule is CCOC(=O)C(C(=O)COc1ccc(F)cc1Cl)=P(c1ccccc1)(c1ccccc1)c1ccccc1. The molecule has 0 unspecified atom stereocenters. The predicted octanol–water partition coefficient (Wildman–Crippen LogP) is 5.16. The average molecular weight is 535 g/mol. The molecule has 4 aromatic carbocycles. The van der Waals surface area contributed by atoms with Crippen molar-refractivity contribution in [2.24, 2.45) is 0 Å². The lowest BCUT2D eigenvalue weighted by molar-refractivity contribution is -0.135. The van der Waals surface area contributed by atoms with E-state index in [4.69, 9.17) is 21.1 Å². The summed E-state index contributed by atoms with van der Waals surface area (Å²) in [6.07, 6.45) is 0. The third-order valence-corrected chi connectivity index (χ3v) is 10.4. The Hall–Kier alpha value is -3.66. The van der Waals surface area contributed by atoms with Gasteiger partial charge in [0.15, 0.2) is 6.61 Å². The van der Waals surface area contributed by atoms with Crippen LogP contribution in [0.15, 0.2) is 109 Å². The monoisotopic (exact) mass is 534 g/mol. The average Bonchev–Trinajstić information content (AvgIpc) is 2.92. The third-order valence-electron chi connectivity index (χ3n) is 5.75. The third kappa shape index (κ3) is 5.53. The second kappa shape index (κ2) is 12.1. The van der Waals surface area contributed by atoms with Crippen molar-refractivity contribution in [1.82, 2.24) is 0 Å². The zero-order chi connectivity index (χ0) is 26.3. The van der Waals surface area contributed by atoms with E-state index in [0.29, 0.717) is 0 Å². The molecule has 4 aromatic rings. The predicted molar refractivity (Wildman–Crippen MR) is 149 cm³/mol. The molecule has 37 heavy (non-hydrogen) atoms. The number of hydrogen-bond acceptors (Lipinski definition) is 4. The summed E-state index contributed by atoms with van der Waals surface area (Å²) in [7, 11) is 0. The molecule has 4 rings (SSSR count). The number of ether oxygens (including phenoxy) is 2. The van der Waals surface area contributed by atoms with Crippen LogP contribution in [0.4, 0.5) is 4.39 Å². The van der Waals surface area contributed by atoms with Gasteiger partial charge in [0.1, 0.15) is 16.9 Å². The molecule has 0 spiro atoms. The first-order valence-electron chi connectivity index (χ1n) is 11.7. The fourth-order valence-electron chi connectivity index (χ4n) is 4.23. The van der Waals surface area contributed by atoms with Crippen LogP contribution in [0, 0.1) is 5.82 Å². The molecule has 0 saturated carbocycles. The van der Waals surface area contributed by atoms with Gasteiger partial charge in [-0.3, -0.25) is 4.79 Å². The van der Waals surface area contributed by atoms with Gasteiger partial charge < -0.3 is 9.47 Å². The van der Waals surface area contributed by atoms with Crippen LogP contribution in [-0.2, 0) is 14.3 Å². The molecular weight excluding hydrogens is 510 g/mol. The van der Waals surface area contributed by atoms with Gasteiger partial charge in [0.2, 0.25) is 5.78 Å². The molecule has 0 radical (unpaired) electrons. The molecule has 0 atom stereocenters. The van der Waals surface area contributed by atoms with E-state index in [1.807, 2.05) is 91.0 Å². The lowest BCUT2D eigenvalue weighted by Gasteiger charge is -2.31. The van der Waals surface area contributed by atoms with Gasteiger partial charge in [0, 0.05) is 0 Å². The van der Waals surface area contributed by atoms with E-state index in [1.165, 1.54) is 12.1 Å². The summed E-state index contributed by atoms with van der Waals surface area (Å²) in [5, 5.41) is 2.51. The quantitative estimate of drug-likeness (QED) is 0.169. The summed E-state index contributed by atoms with van der Waals surface area (Å²) in [4.78, 5) is 27.7. The van der Waals surface area contributed by atoms with E-state index in [0.717, 1.165) is 22.0 Å². The van der Waals surface area contributed by atoms with Crippen LogP contribution in [0.25, 0.3) is 0 Å². The minimum atomic E-state index is -3.03. The number of ketones is 1. The Morgan fingerprint density at radius 1 is 0.784 bits per heavy atom.